The second kappa shape index (κ2) is 10.7. The lowest BCUT2D eigenvalue weighted by molar-refractivity contribution is -0.122. The van der Waals surface area contributed by atoms with Gasteiger partial charge in [0.15, 0.2) is 6.61 Å². The molecule has 1 heterocycles. The number of anilines is 1. The first-order chi connectivity index (χ1) is 16.0. The number of amides is 2. The van der Waals surface area contributed by atoms with Gasteiger partial charge in [0.25, 0.3) is 11.8 Å². The maximum atomic E-state index is 13.0. The highest BCUT2D eigenvalue weighted by atomic mass is 35.5. The van der Waals surface area contributed by atoms with Gasteiger partial charge in [-0.2, -0.15) is 0 Å². The molecule has 1 aliphatic rings. The summed E-state index contributed by atoms with van der Waals surface area (Å²) in [5.74, 6) is 0.0440. The number of thiocarbonyl (C=S) groups is 1. The van der Waals surface area contributed by atoms with E-state index in [0.717, 1.165) is 5.56 Å². The highest BCUT2D eigenvalue weighted by Gasteiger charge is 2.32. The highest BCUT2D eigenvalue weighted by Crippen LogP contribution is 2.35. The van der Waals surface area contributed by atoms with Crippen molar-refractivity contribution in [3.05, 3.63) is 99.9 Å². The number of hydrogen-bond acceptors (Lipinski definition) is 5. The number of carbonyl (C=O) groups is 2. The predicted molar refractivity (Wildman–Crippen MR) is 137 cm³/mol. The molecule has 33 heavy (non-hydrogen) atoms. The Kier molecular flexibility index (Phi) is 7.44. The van der Waals surface area contributed by atoms with E-state index in [1.165, 1.54) is 11.8 Å². The fourth-order valence-electron chi connectivity index (χ4n) is 3.15. The van der Waals surface area contributed by atoms with E-state index in [4.69, 9.17) is 28.6 Å². The molecule has 4 rings (SSSR count). The third kappa shape index (κ3) is 6.01. The lowest BCUT2D eigenvalue weighted by atomic mass is 10.1. The van der Waals surface area contributed by atoms with Gasteiger partial charge < -0.3 is 10.1 Å². The zero-order chi connectivity index (χ0) is 23.2. The van der Waals surface area contributed by atoms with Gasteiger partial charge in [-0.3, -0.25) is 14.5 Å². The van der Waals surface area contributed by atoms with Gasteiger partial charge in [-0.25, -0.2) is 0 Å². The molecule has 1 aliphatic heterocycles. The molecule has 1 fully saturated rings. The number of hydrogen-bond donors (Lipinski definition) is 1. The molecule has 0 unspecified atom stereocenters. The molecule has 2 amide bonds. The van der Waals surface area contributed by atoms with Crippen molar-refractivity contribution in [2.75, 3.05) is 11.9 Å². The van der Waals surface area contributed by atoms with Gasteiger partial charge in [0.2, 0.25) is 0 Å². The summed E-state index contributed by atoms with van der Waals surface area (Å²) < 4.78 is 6.25. The molecule has 5 nitrogen and oxygen atoms in total. The third-order valence-corrected chi connectivity index (χ3v) is 6.38. The van der Waals surface area contributed by atoms with Crippen LogP contribution in [-0.4, -0.2) is 27.6 Å². The molecule has 1 saturated heterocycles. The molecule has 3 aromatic rings. The van der Waals surface area contributed by atoms with Crippen molar-refractivity contribution in [3.63, 3.8) is 0 Å². The van der Waals surface area contributed by atoms with Crippen LogP contribution in [0.1, 0.15) is 11.1 Å². The van der Waals surface area contributed by atoms with Crippen molar-refractivity contribution in [2.24, 2.45) is 0 Å². The lowest BCUT2D eigenvalue weighted by Gasteiger charge is -2.14. The van der Waals surface area contributed by atoms with Crippen molar-refractivity contribution in [1.82, 2.24) is 4.90 Å². The van der Waals surface area contributed by atoms with E-state index < -0.39 is 0 Å². The van der Waals surface area contributed by atoms with Crippen LogP contribution in [0.25, 0.3) is 6.08 Å². The number of nitrogens with one attached hydrogen (secondary N) is 1. The van der Waals surface area contributed by atoms with Gasteiger partial charge in [-0.1, -0.05) is 84.1 Å². The summed E-state index contributed by atoms with van der Waals surface area (Å²) in [7, 11) is 0. The summed E-state index contributed by atoms with van der Waals surface area (Å²) in [4.78, 5) is 27.3. The number of halogens is 1. The number of rotatable bonds is 7. The molecular weight excluding hydrogens is 476 g/mol. The second-order valence-electron chi connectivity index (χ2n) is 7.14. The van der Waals surface area contributed by atoms with Crippen LogP contribution in [-0.2, 0) is 16.1 Å². The molecule has 8 heteroatoms. The Morgan fingerprint density at radius 1 is 1.03 bits per heavy atom. The fourth-order valence-corrected chi connectivity index (χ4v) is 4.52. The van der Waals surface area contributed by atoms with Crippen LogP contribution in [0.5, 0.6) is 5.75 Å². The van der Waals surface area contributed by atoms with Gasteiger partial charge >= 0.3 is 0 Å². The van der Waals surface area contributed by atoms with E-state index in [-0.39, 0.29) is 18.4 Å². The standard InChI is InChI=1S/C25H19ClN2O3S2/c26-19-10-12-20(13-11-19)27-23(29)16-31-21-9-5-4-8-18(21)14-22-24(30)28(25(32)33-22)15-17-6-2-1-3-7-17/h1-14H,15-16H2,(H,27,29)/b22-14-. The van der Waals surface area contributed by atoms with Gasteiger partial charge in [0, 0.05) is 16.3 Å². The van der Waals surface area contributed by atoms with Gasteiger partial charge in [-0.15, -0.1) is 0 Å². The van der Waals surface area contributed by atoms with Crippen LogP contribution in [0.15, 0.2) is 83.8 Å². The van der Waals surface area contributed by atoms with E-state index >= 15 is 0 Å². The lowest BCUT2D eigenvalue weighted by Crippen LogP contribution is -2.27. The van der Waals surface area contributed by atoms with Crippen molar-refractivity contribution in [2.45, 2.75) is 6.54 Å². The minimum atomic E-state index is -0.304. The first-order valence-corrected chi connectivity index (χ1v) is 11.7. The van der Waals surface area contributed by atoms with Crippen LogP contribution in [0.2, 0.25) is 5.02 Å². The van der Waals surface area contributed by atoms with Crippen LogP contribution >= 0.6 is 35.6 Å². The summed E-state index contributed by atoms with van der Waals surface area (Å²) >= 11 is 12.6. The Morgan fingerprint density at radius 3 is 2.48 bits per heavy atom. The Hall–Kier alpha value is -3.13. The van der Waals surface area contributed by atoms with E-state index in [0.29, 0.717) is 37.8 Å². The van der Waals surface area contributed by atoms with Crippen molar-refractivity contribution >= 4 is 63.5 Å². The first-order valence-electron chi connectivity index (χ1n) is 10.1. The van der Waals surface area contributed by atoms with Crippen molar-refractivity contribution < 1.29 is 14.3 Å². The van der Waals surface area contributed by atoms with E-state index in [1.54, 1.807) is 41.3 Å². The molecule has 0 aliphatic carbocycles. The Balaban J connectivity index is 1.43. The zero-order valence-electron chi connectivity index (χ0n) is 17.4. The summed E-state index contributed by atoms with van der Waals surface area (Å²) in [5, 5.41) is 3.34. The molecule has 0 aromatic heterocycles. The minimum absolute atomic E-state index is 0.149. The number of carbonyl (C=O) groups excluding carboxylic acids is 2. The smallest absolute Gasteiger partial charge is 0.266 e. The minimum Gasteiger partial charge on any atom is -0.483 e. The van der Waals surface area contributed by atoms with Crippen molar-refractivity contribution in [3.8, 4) is 5.75 Å². The number of para-hydroxylation sites is 1. The summed E-state index contributed by atoms with van der Waals surface area (Å²) in [5.41, 5.74) is 2.32. The topological polar surface area (TPSA) is 58.6 Å². The van der Waals surface area contributed by atoms with Crippen LogP contribution in [0.4, 0.5) is 5.69 Å². The average Bonchev–Trinajstić information content (AvgIpc) is 3.08. The van der Waals surface area contributed by atoms with Crippen LogP contribution in [0.3, 0.4) is 0 Å². The Bertz CT molecular complexity index is 1210. The quantitative estimate of drug-likeness (QED) is 0.334. The Morgan fingerprint density at radius 2 is 1.73 bits per heavy atom. The average molecular weight is 495 g/mol. The van der Waals surface area contributed by atoms with Crippen LogP contribution < -0.4 is 10.1 Å². The molecule has 1 N–H and O–H groups in total. The van der Waals surface area contributed by atoms with E-state index in [9.17, 15) is 9.59 Å². The number of nitrogens with zero attached hydrogens (tertiary/aromatic N) is 1. The van der Waals surface area contributed by atoms with E-state index in [1.807, 2.05) is 48.5 Å². The molecule has 0 atom stereocenters. The largest absolute Gasteiger partial charge is 0.483 e. The molecule has 0 radical (unpaired) electrons. The fraction of sp³-hybridized carbons (Fsp3) is 0.0800. The summed E-state index contributed by atoms with van der Waals surface area (Å²) in [6.45, 7) is 0.244. The van der Waals surface area contributed by atoms with Gasteiger partial charge in [0.05, 0.1) is 11.4 Å². The van der Waals surface area contributed by atoms with Crippen molar-refractivity contribution in [1.29, 1.82) is 0 Å². The first kappa shape index (κ1) is 23.0. The Labute approximate surface area is 206 Å². The third-order valence-electron chi connectivity index (χ3n) is 4.75. The van der Waals surface area contributed by atoms with E-state index in [2.05, 4.69) is 5.32 Å². The molecule has 3 aromatic carbocycles. The maximum absolute atomic E-state index is 13.0. The number of benzene rings is 3. The number of ether oxygens (including phenoxy) is 1. The monoisotopic (exact) mass is 494 g/mol. The van der Waals surface area contributed by atoms with Gasteiger partial charge in [0.1, 0.15) is 10.1 Å². The highest BCUT2D eigenvalue weighted by molar-refractivity contribution is 8.26. The van der Waals surface area contributed by atoms with Crippen LogP contribution in [0, 0.1) is 0 Å². The normalized spacial score (nSPS) is 14.6. The van der Waals surface area contributed by atoms with Gasteiger partial charge in [-0.05, 0) is 42.0 Å². The second-order valence-corrected chi connectivity index (χ2v) is 9.25. The molecule has 0 spiro atoms. The predicted octanol–water partition coefficient (Wildman–Crippen LogP) is 5.76. The summed E-state index contributed by atoms with van der Waals surface area (Å²) in [6.07, 6.45) is 1.75. The SMILES string of the molecule is O=C(COc1ccccc1/C=C1\SC(=S)N(Cc2ccccc2)C1=O)Nc1ccc(Cl)cc1. The molecule has 0 saturated carbocycles. The molecule has 166 valence electrons. The molecular formula is C25H19ClN2O3S2. The summed E-state index contributed by atoms with van der Waals surface area (Å²) in [6, 6.07) is 23.8. The zero-order valence-corrected chi connectivity index (χ0v) is 19.8. The number of thioether (sulfide) groups is 1. The molecule has 0 bridgehead atoms. The maximum Gasteiger partial charge on any atom is 0.266 e.